The van der Waals surface area contributed by atoms with Crippen LogP contribution < -0.4 is 15.4 Å². The number of hydrogen-bond acceptors (Lipinski definition) is 3. The minimum Gasteiger partial charge on any atom is -0.494 e. The zero-order valence-electron chi connectivity index (χ0n) is 12.9. The topological polar surface area (TPSA) is 50.4 Å². The van der Waals surface area contributed by atoms with Crippen molar-refractivity contribution < 1.29 is 9.53 Å². The van der Waals surface area contributed by atoms with Crippen molar-refractivity contribution in [3.8, 4) is 5.75 Å². The lowest BCUT2D eigenvalue weighted by Crippen LogP contribution is -2.39. The summed E-state index contributed by atoms with van der Waals surface area (Å²) in [5.74, 6) is 0.658. The zero-order chi connectivity index (χ0) is 16.2. The number of carbonyl (C=O) groups excluding carboxylic acids is 1. The van der Waals surface area contributed by atoms with Gasteiger partial charge in [-0.25, -0.2) is 0 Å². The van der Waals surface area contributed by atoms with Gasteiger partial charge in [-0.05, 0) is 49.3 Å². The Morgan fingerprint density at radius 3 is 2.64 bits per heavy atom. The first-order valence-electron chi connectivity index (χ1n) is 7.58. The Labute approximate surface area is 142 Å². The SMILES string of the molecule is CCCCCNC(=S)NC(=O)CCCOc1ccc(Cl)cc1. The van der Waals surface area contributed by atoms with Crippen LogP contribution in [0, 0.1) is 0 Å². The number of hydrogen-bond donors (Lipinski definition) is 2. The minimum atomic E-state index is -0.0901. The number of amides is 1. The molecule has 6 heteroatoms. The van der Waals surface area contributed by atoms with Crippen LogP contribution in [0.2, 0.25) is 5.02 Å². The van der Waals surface area contributed by atoms with Crippen molar-refractivity contribution in [2.24, 2.45) is 0 Å². The third kappa shape index (κ3) is 8.85. The van der Waals surface area contributed by atoms with Gasteiger partial charge in [0.2, 0.25) is 5.91 Å². The van der Waals surface area contributed by atoms with Crippen LogP contribution in [0.15, 0.2) is 24.3 Å². The van der Waals surface area contributed by atoms with Gasteiger partial charge in [0.15, 0.2) is 5.11 Å². The van der Waals surface area contributed by atoms with Gasteiger partial charge in [-0.2, -0.15) is 0 Å². The average Bonchev–Trinajstić information content (AvgIpc) is 2.50. The maximum atomic E-state index is 11.7. The van der Waals surface area contributed by atoms with Crippen molar-refractivity contribution in [2.75, 3.05) is 13.2 Å². The van der Waals surface area contributed by atoms with Crippen LogP contribution in [0.3, 0.4) is 0 Å². The number of ether oxygens (including phenoxy) is 1. The van der Waals surface area contributed by atoms with Gasteiger partial charge in [0.25, 0.3) is 0 Å². The Morgan fingerprint density at radius 1 is 1.23 bits per heavy atom. The van der Waals surface area contributed by atoms with Crippen molar-refractivity contribution in [3.05, 3.63) is 29.3 Å². The van der Waals surface area contributed by atoms with E-state index in [0.717, 1.165) is 31.6 Å². The molecule has 1 aromatic carbocycles. The molecule has 22 heavy (non-hydrogen) atoms. The highest BCUT2D eigenvalue weighted by molar-refractivity contribution is 7.80. The number of nitrogens with one attached hydrogen (secondary N) is 2. The molecule has 0 unspecified atom stereocenters. The Bertz CT molecular complexity index is 466. The molecule has 122 valence electrons. The number of rotatable bonds is 9. The quantitative estimate of drug-likeness (QED) is 0.531. The molecule has 0 atom stereocenters. The number of halogens is 1. The molecule has 0 spiro atoms. The summed E-state index contributed by atoms with van der Waals surface area (Å²) < 4.78 is 5.52. The highest BCUT2D eigenvalue weighted by Crippen LogP contribution is 2.15. The van der Waals surface area contributed by atoms with Gasteiger partial charge in [-0.15, -0.1) is 0 Å². The van der Waals surface area contributed by atoms with Crippen LogP contribution in [-0.4, -0.2) is 24.2 Å². The molecule has 1 rings (SSSR count). The molecule has 0 aliphatic heterocycles. The smallest absolute Gasteiger partial charge is 0.226 e. The summed E-state index contributed by atoms with van der Waals surface area (Å²) >= 11 is 10.9. The fourth-order valence-electron chi connectivity index (χ4n) is 1.76. The van der Waals surface area contributed by atoms with Crippen molar-refractivity contribution in [1.82, 2.24) is 10.6 Å². The van der Waals surface area contributed by atoms with E-state index in [-0.39, 0.29) is 5.91 Å². The monoisotopic (exact) mass is 342 g/mol. The molecule has 0 fully saturated rings. The summed E-state index contributed by atoms with van der Waals surface area (Å²) in [5.41, 5.74) is 0. The van der Waals surface area contributed by atoms with Crippen molar-refractivity contribution in [3.63, 3.8) is 0 Å². The lowest BCUT2D eigenvalue weighted by atomic mass is 10.2. The molecule has 0 saturated heterocycles. The van der Waals surface area contributed by atoms with E-state index in [1.54, 1.807) is 24.3 Å². The maximum Gasteiger partial charge on any atom is 0.226 e. The third-order valence-corrected chi connectivity index (χ3v) is 3.45. The Morgan fingerprint density at radius 2 is 1.95 bits per heavy atom. The van der Waals surface area contributed by atoms with Crippen molar-refractivity contribution in [2.45, 2.75) is 39.0 Å². The summed E-state index contributed by atoms with van der Waals surface area (Å²) in [7, 11) is 0. The largest absolute Gasteiger partial charge is 0.494 e. The van der Waals surface area contributed by atoms with E-state index in [1.807, 2.05) is 0 Å². The van der Waals surface area contributed by atoms with E-state index >= 15 is 0 Å². The van der Waals surface area contributed by atoms with Crippen LogP contribution >= 0.6 is 23.8 Å². The highest BCUT2D eigenvalue weighted by Gasteiger charge is 2.04. The molecular weight excluding hydrogens is 320 g/mol. The van der Waals surface area contributed by atoms with Crippen molar-refractivity contribution in [1.29, 1.82) is 0 Å². The molecule has 0 radical (unpaired) electrons. The molecule has 0 saturated carbocycles. The van der Waals surface area contributed by atoms with Crippen LogP contribution in [0.4, 0.5) is 0 Å². The van der Waals surface area contributed by atoms with E-state index < -0.39 is 0 Å². The van der Waals surface area contributed by atoms with E-state index in [1.165, 1.54) is 0 Å². The first kappa shape index (κ1) is 18.7. The molecule has 4 nitrogen and oxygen atoms in total. The van der Waals surface area contributed by atoms with Gasteiger partial charge in [0.1, 0.15) is 5.75 Å². The predicted octanol–water partition coefficient (Wildman–Crippen LogP) is 3.68. The van der Waals surface area contributed by atoms with E-state index in [9.17, 15) is 4.79 Å². The summed E-state index contributed by atoms with van der Waals surface area (Å²) in [6.07, 6.45) is 4.39. The van der Waals surface area contributed by atoms with Gasteiger partial charge < -0.3 is 15.4 Å². The number of carbonyl (C=O) groups is 1. The number of thiocarbonyl (C=S) groups is 1. The fourth-order valence-corrected chi connectivity index (χ4v) is 2.11. The molecule has 0 aliphatic carbocycles. The molecule has 2 N–H and O–H groups in total. The second-order valence-corrected chi connectivity index (χ2v) is 5.76. The summed E-state index contributed by atoms with van der Waals surface area (Å²) in [5, 5.41) is 6.77. The van der Waals surface area contributed by atoms with Crippen LogP contribution in [0.1, 0.15) is 39.0 Å². The average molecular weight is 343 g/mol. The molecule has 1 amide bonds. The molecule has 1 aromatic rings. The van der Waals surface area contributed by atoms with Crippen LogP contribution in [-0.2, 0) is 4.79 Å². The summed E-state index contributed by atoms with van der Waals surface area (Å²) in [6.45, 7) is 3.42. The Hall–Kier alpha value is -1.33. The molecule has 0 aliphatic rings. The Balaban J connectivity index is 2.07. The zero-order valence-corrected chi connectivity index (χ0v) is 14.4. The first-order valence-corrected chi connectivity index (χ1v) is 8.36. The molecule has 0 heterocycles. The fraction of sp³-hybridized carbons (Fsp3) is 0.500. The van der Waals surface area contributed by atoms with Crippen LogP contribution in [0.5, 0.6) is 5.75 Å². The molecule has 0 bridgehead atoms. The van der Waals surface area contributed by atoms with E-state index in [4.69, 9.17) is 28.6 Å². The van der Waals surface area contributed by atoms with Gasteiger partial charge in [-0.3, -0.25) is 4.79 Å². The first-order chi connectivity index (χ1) is 10.6. The summed E-state index contributed by atoms with van der Waals surface area (Å²) in [4.78, 5) is 11.7. The van der Waals surface area contributed by atoms with E-state index in [0.29, 0.717) is 29.6 Å². The van der Waals surface area contributed by atoms with Crippen LogP contribution in [0.25, 0.3) is 0 Å². The Kier molecular flexibility index (Phi) is 9.59. The van der Waals surface area contributed by atoms with Gasteiger partial charge in [-0.1, -0.05) is 31.4 Å². The lowest BCUT2D eigenvalue weighted by Gasteiger charge is -2.09. The third-order valence-electron chi connectivity index (χ3n) is 2.95. The minimum absolute atomic E-state index is 0.0901. The highest BCUT2D eigenvalue weighted by atomic mass is 35.5. The number of benzene rings is 1. The predicted molar refractivity (Wildman–Crippen MR) is 94.4 cm³/mol. The van der Waals surface area contributed by atoms with Gasteiger partial charge in [0, 0.05) is 18.0 Å². The van der Waals surface area contributed by atoms with Crippen molar-refractivity contribution >= 4 is 34.8 Å². The normalized spacial score (nSPS) is 10.1. The maximum absolute atomic E-state index is 11.7. The second kappa shape index (κ2) is 11.3. The number of unbranched alkanes of at least 4 members (excludes halogenated alkanes) is 2. The molecule has 0 aromatic heterocycles. The summed E-state index contributed by atoms with van der Waals surface area (Å²) in [6, 6.07) is 7.15. The lowest BCUT2D eigenvalue weighted by molar-refractivity contribution is -0.119. The van der Waals surface area contributed by atoms with Gasteiger partial charge >= 0.3 is 0 Å². The second-order valence-electron chi connectivity index (χ2n) is 4.92. The van der Waals surface area contributed by atoms with Gasteiger partial charge in [0.05, 0.1) is 6.61 Å². The van der Waals surface area contributed by atoms with E-state index in [2.05, 4.69) is 17.6 Å². The standard InChI is InChI=1S/C16H23ClN2O2S/c1-2-3-4-11-18-16(22)19-15(20)6-5-12-21-14-9-7-13(17)8-10-14/h7-10H,2-6,11-12H2,1H3,(H2,18,19,20,22). The molecular formula is C16H23ClN2O2S.